The summed E-state index contributed by atoms with van der Waals surface area (Å²) in [4.78, 5) is 24.6. The number of nitrogens with zero attached hydrogens (tertiary/aromatic N) is 3. The Morgan fingerprint density at radius 3 is 2.58 bits per heavy atom. The largest absolute Gasteiger partial charge is 0.480 e. The van der Waals surface area contributed by atoms with E-state index in [0.717, 1.165) is 24.1 Å². The van der Waals surface area contributed by atoms with Crippen molar-refractivity contribution >= 4 is 11.9 Å². The molecule has 2 aromatic rings. The SMILES string of the molecule is Cc1cccc(-n2nnc(C(=O)NC3(C(=O)O)CCC(C)CC3)c2C)c1. The second-order valence-electron chi connectivity index (χ2n) is 7.30. The zero-order valence-corrected chi connectivity index (χ0v) is 15.3. The molecule has 0 bridgehead atoms. The number of aryl methyl sites for hydroxylation is 1. The van der Waals surface area contributed by atoms with Crippen molar-refractivity contribution in [3.63, 3.8) is 0 Å². The van der Waals surface area contributed by atoms with Crippen LogP contribution in [0.4, 0.5) is 0 Å². The topological polar surface area (TPSA) is 97.1 Å². The van der Waals surface area contributed by atoms with Crippen LogP contribution in [0, 0.1) is 19.8 Å². The summed E-state index contributed by atoms with van der Waals surface area (Å²) in [5.74, 6) is -0.997. The molecule has 0 aliphatic heterocycles. The highest BCUT2D eigenvalue weighted by Crippen LogP contribution is 2.32. The van der Waals surface area contributed by atoms with E-state index in [2.05, 4.69) is 22.6 Å². The lowest BCUT2D eigenvalue weighted by molar-refractivity contribution is -0.146. The van der Waals surface area contributed by atoms with E-state index in [4.69, 9.17) is 0 Å². The molecule has 0 spiro atoms. The maximum atomic E-state index is 12.7. The molecular weight excluding hydrogens is 332 g/mol. The van der Waals surface area contributed by atoms with Crippen LogP contribution in [0.2, 0.25) is 0 Å². The summed E-state index contributed by atoms with van der Waals surface area (Å²) in [6.07, 6.45) is 2.42. The van der Waals surface area contributed by atoms with E-state index in [1.165, 1.54) is 0 Å². The van der Waals surface area contributed by atoms with Crippen LogP contribution in [-0.2, 0) is 4.79 Å². The summed E-state index contributed by atoms with van der Waals surface area (Å²) in [5.41, 5.74) is 1.41. The number of carboxylic acid groups (broad SMARTS) is 1. The normalized spacial score (nSPS) is 22.8. The Morgan fingerprint density at radius 2 is 1.96 bits per heavy atom. The summed E-state index contributed by atoms with van der Waals surface area (Å²) in [6.45, 7) is 5.84. The quantitative estimate of drug-likeness (QED) is 0.878. The van der Waals surface area contributed by atoms with E-state index in [1.807, 2.05) is 31.2 Å². The van der Waals surface area contributed by atoms with Crippen molar-refractivity contribution in [2.24, 2.45) is 5.92 Å². The Morgan fingerprint density at radius 1 is 1.27 bits per heavy atom. The number of carbonyl (C=O) groups excluding carboxylic acids is 1. The molecule has 3 rings (SSSR count). The van der Waals surface area contributed by atoms with Gasteiger partial charge >= 0.3 is 5.97 Å². The van der Waals surface area contributed by atoms with Crippen molar-refractivity contribution in [1.82, 2.24) is 20.3 Å². The number of aliphatic carboxylic acids is 1. The Kier molecular flexibility index (Phi) is 4.80. The van der Waals surface area contributed by atoms with Gasteiger partial charge in [-0.05, 0) is 63.1 Å². The molecule has 0 atom stereocenters. The van der Waals surface area contributed by atoms with Crippen molar-refractivity contribution in [2.45, 2.75) is 52.0 Å². The highest BCUT2D eigenvalue weighted by molar-refractivity contribution is 5.97. The van der Waals surface area contributed by atoms with Gasteiger partial charge in [0.15, 0.2) is 5.69 Å². The van der Waals surface area contributed by atoms with Gasteiger partial charge < -0.3 is 10.4 Å². The van der Waals surface area contributed by atoms with Crippen molar-refractivity contribution < 1.29 is 14.7 Å². The van der Waals surface area contributed by atoms with Crippen LogP contribution in [0.5, 0.6) is 0 Å². The molecule has 7 heteroatoms. The minimum atomic E-state index is -1.22. The fourth-order valence-corrected chi connectivity index (χ4v) is 3.47. The molecular formula is C19H24N4O3. The number of carbonyl (C=O) groups is 2. The smallest absolute Gasteiger partial charge is 0.329 e. The van der Waals surface area contributed by atoms with Gasteiger partial charge in [0.05, 0.1) is 11.4 Å². The van der Waals surface area contributed by atoms with Crippen molar-refractivity contribution in [3.05, 3.63) is 41.2 Å². The fraction of sp³-hybridized carbons (Fsp3) is 0.474. The van der Waals surface area contributed by atoms with E-state index < -0.39 is 17.4 Å². The molecule has 1 aromatic heterocycles. The van der Waals surface area contributed by atoms with E-state index >= 15 is 0 Å². The molecule has 0 unspecified atom stereocenters. The average Bonchev–Trinajstić information content (AvgIpc) is 2.98. The average molecular weight is 356 g/mol. The third kappa shape index (κ3) is 3.34. The number of carboxylic acids is 1. The zero-order chi connectivity index (χ0) is 18.9. The lowest BCUT2D eigenvalue weighted by Crippen LogP contribution is -2.56. The lowest BCUT2D eigenvalue weighted by Gasteiger charge is -2.36. The molecule has 1 amide bonds. The van der Waals surface area contributed by atoms with Crippen LogP contribution < -0.4 is 5.32 Å². The maximum Gasteiger partial charge on any atom is 0.329 e. The monoisotopic (exact) mass is 356 g/mol. The van der Waals surface area contributed by atoms with Crippen LogP contribution in [0.1, 0.15) is 54.4 Å². The molecule has 138 valence electrons. The molecule has 7 nitrogen and oxygen atoms in total. The predicted molar refractivity (Wildman–Crippen MR) is 96.3 cm³/mol. The second-order valence-corrected chi connectivity index (χ2v) is 7.30. The molecule has 1 aromatic carbocycles. The lowest BCUT2D eigenvalue weighted by atomic mass is 9.77. The summed E-state index contributed by atoms with van der Waals surface area (Å²) in [6, 6.07) is 7.72. The van der Waals surface area contributed by atoms with Crippen molar-refractivity contribution in [1.29, 1.82) is 0 Å². The van der Waals surface area contributed by atoms with Crippen LogP contribution in [0.25, 0.3) is 5.69 Å². The molecule has 1 aliphatic carbocycles. The zero-order valence-electron chi connectivity index (χ0n) is 15.3. The van der Waals surface area contributed by atoms with Gasteiger partial charge in [0.1, 0.15) is 5.54 Å². The summed E-state index contributed by atoms with van der Waals surface area (Å²) in [5, 5.41) is 20.5. The highest BCUT2D eigenvalue weighted by atomic mass is 16.4. The number of hydrogen-bond donors (Lipinski definition) is 2. The van der Waals surface area contributed by atoms with E-state index in [0.29, 0.717) is 24.5 Å². The Bertz CT molecular complexity index is 835. The van der Waals surface area contributed by atoms with Gasteiger partial charge in [-0.25, -0.2) is 9.48 Å². The third-order valence-electron chi connectivity index (χ3n) is 5.25. The molecule has 26 heavy (non-hydrogen) atoms. The Hall–Kier alpha value is -2.70. The first-order valence-electron chi connectivity index (χ1n) is 8.87. The molecule has 1 heterocycles. The fourth-order valence-electron chi connectivity index (χ4n) is 3.47. The van der Waals surface area contributed by atoms with Crippen LogP contribution in [-0.4, -0.2) is 37.5 Å². The summed E-state index contributed by atoms with van der Waals surface area (Å²) in [7, 11) is 0. The van der Waals surface area contributed by atoms with Gasteiger partial charge in [-0.1, -0.05) is 24.3 Å². The van der Waals surface area contributed by atoms with E-state index in [1.54, 1.807) is 11.6 Å². The summed E-state index contributed by atoms with van der Waals surface area (Å²) < 4.78 is 1.60. The Labute approximate surface area is 152 Å². The number of amides is 1. The Balaban J connectivity index is 1.85. The molecule has 0 saturated heterocycles. The standard InChI is InChI=1S/C19H24N4O3/c1-12-7-9-19(10-8-12,18(25)26)20-17(24)16-14(3)23(22-21-16)15-6-4-5-13(2)11-15/h4-6,11-12H,7-10H2,1-3H3,(H,20,24)(H,25,26). The number of benzene rings is 1. The summed E-state index contributed by atoms with van der Waals surface area (Å²) >= 11 is 0. The maximum absolute atomic E-state index is 12.7. The molecule has 0 radical (unpaired) electrons. The first-order valence-corrected chi connectivity index (χ1v) is 8.87. The van der Waals surface area contributed by atoms with Gasteiger partial charge in [0, 0.05) is 0 Å². The number of nitrogens with one attached hydrogen (secondary N) is 1. The van der Waals surface area contributed by atoms with Gasteiger partial charge in [-0.15, -0.1) is 5.10 Å². The van der Waals surface area contributed by atoms with E-state index in [9.17, 15) is 14.7 Å². The van der Waals surface area contributed by atoms with Gasteiger partial charge in [0.25, 0.3) is 5.91 Å². The number of aromatic nitrogens is 3. The molecule has 1 fully saturated rings. The minimum Gasteiger partial charge on any atom is -0.480 e. The van der Waals surface area contributed by atoms with Gasteiger partial charge in [-0.3, -0.25) is 4.79 Å². The predicted octanol–water partition coefficient (Wildman–Crippen LogP) is 2.65. The van der Waals surface area contributed by atoms with Crippen LogP contribution >= 0.6 is 0 Å². The number of rotatable bonds is 4. The second kappa shape index (κ2) is 6.90. The van der Waals surface area contributed by atoms with Crippen molar-refractivity contribution in [3.8, 4) is 5.69 Å². The third-order valence-corrected chi connectivity index (χ3v) is 5.25. The van der Waals surface area contributed by atoms with E-state index in [-0.39, 0.29) is 5.69 Å². The molecule has 1 aliphatic rings. The minimum absolute atomic E-state index is 0.158. The van der Waals surface area contributed by atoms with Gasteiger partial charge in [-0.2, -0.15) is 0 Å². The number of hydrogen-bond acceptors (Lipinski definition) is 4. The van der Waals surface area contributed by atoms with Crippen LogP contribution in [0.3, 0.4) is 0 Å². The molecule has 2 N–H and O–H groups in total. The first-order chi connectivity index (χ1) is 12.3. The van der Waals surface area contributed by atoms with Crippen molar-refractivity contribution in [2.75, 3.05) is 0 Å². The molecule has 1 saturated carbocycles. The highest BCUT2D eigenvalue weighted by Gasteiger charge is 2.43. The van der Waals surface area contributed by atoms with Crippen LogP contribution in [0.15, 0.2) is 24.3 Å². The first kappa shape index (κ1) is 18.1. The van der Waals surface area contributed by atoms with Gasteiger partial charge in [0.2, 0.25) is 0 Å².